The smallest absolute Gasteiger partial charge is 0.398 e. The van der Waals surface area contributed by atoms with Crippen LogP contribution in [0.5, 0.6) is 0 Å². The van der Waals surface area contributed by atoms with Gasteiger partial charge < -0.3 is 9.31 Å². The number of pyridine rings is 1. The first kappa shape index (κ1) is 6.73. The van der Waals surface area contributed by atoms with Crippen LogP contribution in [0.15, 0.2) is 18.3 Å². The zero-order valence-corrected chi connectivity index (χ0v) is 11.6. The van der Waals surface area contributed by atoms with E-state index in [9.17, 15) is 0 Å². The molecule has 0 unspecified atom stereocenters. The van der Waals surface area contributed by atoms with Gasteiger partial charge in [0.2, 0.25) is 0 Å². The summed E-state index contributed by atoms with van der Waals surface area (Å²) in [5.74, 6) is -3.39. The van der Waals surface area contributed by atoms with E-state index in [1.54, 1.807) is 0 Å². The molecule has 0 bridgehead atoms. The monoisotopic (exact) mass is 270 g/mol. The summed E-state index contributed by atoms with van der Waals surface area (Å²) in [5.41, 5.74) is -1.48. The summed E-state index contributed by atoms with van der Waals surface area (Å²) < 4.78 is 81.8. The Kier molecular flexibility index (Phi) is 1.74. The van der Waals surface area contributed by atoms with Crippen LogP contribution in [0.3, 0.4) is 0 Å². The maximum absolute atomic E-state index is 8.31. The van der Waals surface area contributed by atoms with E-state index in [0.29, 0.717) is 0 Å². The third-order valence-electron chi connectivity index (χ3n) is 3.55. The minimum atomic E-state index is -3.41. The van der Waals surface area contributed by atoms with E-state index < -0.39 is 44.3 Å². The minimum Gasteiger partial charge on any atom is -0.398 e. The topological polar surface area (TPSA) is 31.4 Å². The molecule has 0 radical (unpaired) electrons. The maximum Gasteiger partial charge on any atom is 0.514 e. The second kappa shape index (κ2) is 4.91. The second-order valence-electron chi connectivity index (χ2n) is 5.56. The molecule has 1 aliphatic heterocycles. The highest BCUT2D eigenvalue weighted by atomic mass is 16.7. The molecule has 0 N–H and O–H groups in total. The molecule has 104 valence electrons. The molecule has 4 heteroatoms. The van der Waals surface area contributed by atoms with Gasteiger partial charge in [-0.1, -0.05) is 13.7 Å². The predicted molar refractivity (Wildman–Crippen MR) is 78.5 cm³/mol. The number of hydrogen-bond acceptors (Lipinski definition) is 3. The van der Waals surface area contributed by atoms with E-state index in [2.05, 4.69) is 4.98 Å². The predicted octanol–water partition coefficient (Wildman–Crippen LogP) is 2.58. The zero-order valence-electron chi connectivity index (χ0n) is 20.6. The van der Waals surface area contributed by atoms with E-state index in [4.69, 9.17) is 21.6 Å². The molecule has 2 heterocycles. The summed E-state index contributed by atoms with van der Waals surface area (Å²) in [4.78, 5) is 4.11. The molecule has 1 aromatic heterocycles. The van der Waals surface area contributed by atoms with Gasteiger partial charge in [0, 0.05) is 18.5 Å². The molecule has 0 aromatic carbocycles. The highest BCUT2D eigenvalue weighted by Gasteiger charge is 2.52. The fourth-order valence-corrected chi connectivity index (χ4v) is 1.76. The molecule has 0 spiro atoms. The van der Waals surface area contributed by atoms with Gasteiger partial charge in [0.25, 0.3) is 0 Å². The molecule has 1 aromatic rings. The lowest BCUT2D eigenvalue weighted by atomic mass is 9.83. The molecule has 1 aliphatic rings. The molecule has 0 atom stereocenters. The van der Waals surface area contributed by atoms with Crippen molar-refractivity contribution in [3.05, 3.63) is 23.9 Å². The Morgan fingerprint density at radius 2 is 2.00 bits per heavy atom. The van der Waals surface area contributed by atoms with Gasteiger partial charge in [0.05, 0.1) is 16.8 Å². The fraction of sp³-hybridized carbons (Fsp3) is 0.667. The third-order valence-corrected chi connectivity index (χ3v) is 3.55. The van der Waals surface area contributed by atoms with Crippen LogP contribution < -0.4 is 5.59 Å². The zero-order chi connectivity index (χ0) is 22.0. The van der Waals surface area contributed by atoms with Crippen molar-refractivity contribution in [1.82, 2.24) is 4.98 Å². The molecule has 0 saturated carbocycles. The molecule has 0 amide bonds. The van der Waals surface area contributed by atoms with Crippen molar-refractivity contribution in [1.29, 1.82) is 0 Å². The van der Waals surface area contributed by atoms with Crippen molar-refractivity contribution in [3.8, 4) is 0 Å². The summed E-state index contributed by atoms with van der Waals surface area (Å²) in [6, 6.07) is 2.36. The second-order valence-corrected chi connectivity index (χ2v) is 5.56. The van der Waals surface area contributed by atoms with Crippen LogP contribution in [-0.4, -0.2) is 23.3 Å². The average Bonchev–Trinajstić information content (AvgIpc) is 2.72. The fourth-order valence-electron chi connectivity index (χ4n) is 1.76. The van der Waals surface area contributed by atoms with Crippen molar-refractivity contribution < 1.29 is 21.6 Å². The number of rotatable bonds is 3. The lowest BCUT2D eigenvalue weighted by Gasteiger charge is -2.32. The normalized spacial score (nSPS) is 30.7. The molecule has 1 saturated heterocycles. The Morgan fingerprint density at radius 3 is 2.58 bits per heavy atom. The highest BCUT2D eigenvalue weighted by molar-refractivity contribution is 6.61. The summed E-state index contributed by atoms with van der Waals surface area (Å²) in [6.07, 6.45) is -1.82. The Balaban J connectivity index is 2.53. The molecule has 19 heavy (non-hydrogen) atoms. The Labute approximate surface area is 129 Å². The molecule has 1 fully saturated rings. The number of nitrogens with zero attached hydrogens (tertiary/aromatic N) is 1. The van der Waals surface area contributed by atoms with Crippen molar-refractivity contribution in [2.24, 2.45) is 5.89 Å². The van der Waals surface area contributed by atoms with Crippen LogP contribution in [0.2, 0.25) is 0 Å². The van der Waals surface area contributed by atoms with Crippen molar-refractivity contribution >= 4 is 12.7 Å². The van der Waals surface area contributed by atoms with Gasteiger partial charge in [0.1, 0.15) is 0 Å². The van der Waals surface area contributed by atoms with Crippen LogP contribution in [0.4, 0.5) is 0 Å². The van der Waals surface area contributed by atoms with Gasteiger partial charge in [-0.2, -0.15) is 0 Å². The quantitative estimate of drug-likeness (QED) is 0.791. The Morgan fingerprint density at radius 1 is 1.37 bits per heavy atom. The van der Waals surface area contributed by atoms with E-state index in [1.165, 1.54) is 12.3 Å². The van der Waals surface area contributed by atoms with Crippen LogP contribution in [-0.2, 0) is 15.7 Å². The van der Waals surface area contributed by atoms with E-state index in [-0.39, 0.29) is 11.2 Å². The highest BCUT2D eigenvalue weighted by Crippen LogP contribution is 2.36. The van der Waals surface area contributed by atoms with E-state index in [1.807, 2.05) is 27.7 Å². The van der Waals surface area contributed by atoms with Gasteiger partial charge in [-0.25, -0.2) is 0 Å². The summed E-state index contributed by atoms with van der Waals surface area (Å²) in [5, 5.41) is 0. The molecular weight excluding hydrogens is 237 g/mol. The van der Waals surface area contributed by atoms with E-state index in [0.717, 1.165) is 6.07 Å². The van der Waals surface area contributed by atoms with Gasteiger partial charge in [-0.3, -0.25) is 4.98 Å². The first-order valence-corrected chi connectivity index (χ1v) is 6.10. The minimum absolute atomic E-state index is 0.165. The Hall–Kier alpha value is -0.865. The van der Waals surface area contributed by atoms with Gasteiger partial charge in [-0.05, 0) is 57.7 Å². The maximum atomic E-state index is 8.31. The Bertz CT molecular complexity index is 716. The summed E-state index contributed by atoms with van der Waals surface area (Å²) >= 11 is 0. The summed E-state index contributed by atoms with van der Waals surface area (Å²) in [6.45, 7) is 0.496. The molecule has 2 rings (SSSR count). The lowest BCUT2D eigenvalue weighted by Crippen LogP contribution is -2.41. The first-order chi connectivity index (χ1) is 12.3. The van der Waals surface area contributed by atoms with Crippen LogP contribution in [0.1, 0.15) is 59.3 Å². The first-order valence-electron chi connectivity index (χ1n) is 10.6. The number of aromatic nitrogens is 1. The van der Waals surface area contributed by atoms with Crippen LogP contribution >= 0.6 is 0 Å². The van der Waals surface area contributed by atoms with Crippen molar-refractivity contribution in [3.63, 3.8) is 0 Å². The molecule has 0 aliphatic carbocycles. The van der Waals surface area contributed by atoms with E-state index >= 15 is 0 Å². The molecule has 3 nitrogen and oxygen atoms in total. The van der Waals surface area contributed by atoms with Gasteiger partial charge in [-0.15, -0.1) is 0 Å². The standard InChI is InChI=1S/C15H24BNO2/c1-11(2)9-12-7-8-17-13(10-12)16-18-14(3,4)15(5,6)19-16/h7-8,10-11H,9H2,1-6H3/i1D3,2D3,9D2,11D. The lowest BCUT2D eigenvalue weighted by molar-refractivity contribution is 0.00578. The van der Waals surface area contributed by atoms with Crippen molar-refractivity contribution in [2.45, 2.75) is 59.0 Å². The van der Waals surface area contributed by atoms with Crippen molar-refractivity contribution in [2.75, 3.05) is 0 Å². The van der Waals surface area contributed by atoms with Crippen LogP contribution in [0, 0.1) is 5.89 Å². The number of hydrogen-bond donors (Lipinski definition) is 0. The average molecular weight is 270 g/mol. The third kappa shape index (κ3) is 3.01. The van der Waals surface area contributed by atoms with Crippen LogP contribution in [0.25, 0.3) is 0 Å². The molecular formula is C15H24BNO2. The van der Waals surface area contributed by atoms with Gasteiger partial charge in [0.15, 0.2) is 0 Å². The largest absolute Gasteiger partial charge is 0.514 e. The van der Waals surface area contributed by atoms with Gasteiger partial charge >= 0.3 is 7.12 Å². The summed E-state index contributed by atoms with van der Waals surface area (Å²) in [7, 11) is -0.943. The SMILES string of the molecule is [2H]C([2H])([2H])C([2H])(C([2H])([2H])[2H])C([2H])([2H])c1ccnc(B2OC(C)(C)C(C)(C)O2)c1.